The maximum Gasteiger partial charge on any atom is 0.165 e. The quantitative estimate of drug-likeness (QED) is 0.905. The van der Waals surface area contributed by atoms with Crippen LogP contribution in [-0.2, 0) is 11.8 Å². The Morgan fingerprint density at radius 2 is 2.15 bits per heavy atom. The molecular formula is C22H29NO3. The molecule has 0 aromatic heterocycles. The molecule has 1 N–H and O–H groups in total. The number of nitrogens with zero attached hydrogens (tertiary/aromatic N) is 1. The number of aliphatic hydroxyl groups is 1. The Bertz CT molecular complexity index is 745. The first kappa shape index (κ1) is 15.8. The van der Waals surface area contributed by atoms with E-state index in [1.165, 1.54) is 36.9 Å². The molecule has 140 valence electrons. The van der Waals surface area contributed by atoms with Gasteiger partial charge >= 0.3 is 0 Å². The van der Waals surface area contributed by atoms with Gasteiger partial charge in [0, 0.05) is 23.6 Å². The summed E-state index contributed by atoms with van der Waals surface area (Å²) in [5, 5.41) is 10.8. The van der Waals surface area contributed by atoms with Crippen LogP contribution in [-0.4, -0.2) is 48.5 Å². The van der Waals surface area contributed by atoms with Crippen LogP contribution in [0.1, 0.15) is 49.7 Å². The summed E-state index contributed by atoms with van der Waals surface area (Å²) in [6.07, 6.45) is 8.08. The SMILES string of the molecule is COc1ccc2c3c1O[C@@H]1C(O)CC[C@@H]4[C@H](C2)N(CC2CCC2)CCC314. The van der Waals surface area contributed by atoms with Crippen LogP contribution < -0.4 is 9.47 Å². The molecule has 0 radical (unpaired) electrons. The number of hydrogen-bond acceptors (Lipinski definition) is 4. The van der Waals surface area contributed by atoms with Crippen molar-refractivity contribution in [2.45, 2.75) is 68.6 Å². The van der Waals surface area contributed by atoms with Crippen molar-refractivity contribution >= 4 is 0 Å². The van der Waals surface area contributed by atoms with Crippen LogP contribution in [0.15, 0.2) is 12.1 Å². The zero-order chi connectivity index (χ0) is 17.5. The lowest BCUT2D eigenvalue weighted by molar-refractivity contribution is -0.107. The van der Waals surface area contributed by atoms with Crippen molar-refractivity contribution in [3.8, 4) is 11.5 Å². The van der Waals surface area contributed by atoms with Gasteiger partial charge in [0.2, 0.25) is 0 Å². The molecule has 4 heteroatoms. The Balaban J connectivity index is 1.47. The molecule has 2 heterocycles. The van der Waals surface area contributed by atoms with Crippen LogP contribution >= 0.6 is 0 Å². The molecule has 0 amide bonds. The molecule has 3 aliphatic carbocycles. The minimum absolute atomic E-state index is 0.00982. The summed E-state index contributed by atoms with van der Waals surface area (Å²) < 4.78 is 12.1. The molecule has 5 aliphatic rings. The Morgan fingerprint density at radius 3 is 2.92 bits per heavy atom. The van der Waals surface area contributed by atoms with Crippen LogP contribution in [0.5, 0.6) is 11.5 Å². The van der Waals surface area contributed by atoms with E-state index in [0.29, 0.717) is 12.0 Å². The molecule has 1 saturated heterocycles. The predicted molar refractivity (Wildman–Crippen MR) is 98.8 cm³/mol. The number of ether oxygens (including phenoxy) is 2. The molecule has 2 aliphatic heterocycles. The second-order valence-electron chi connectivity index (χ2n) is 9.27. The van der Waals surface area contributed by atoms with E-state index in [-0.39, 0.29) is 17.6 Å². The first-order valence-corrected chi connectivity index (χ1v) is 10.5. The number of rotatable bonds is 3. The van der Waals surface area contributed by atoms with Gasteiger partial charge in [0.1, 0.15) is 6.10 Å². The average Bonchev–Trinajstić information content (AvgIpc) is 2.96. The monoisotopic (exact) mass is 355 g/mol. The number of benzene rings is 1. The summed E-state index contributed by atoms with van der Waals surface area (Å²) in [6.45, 7) is 2.43. The fourth-order valence-electron chi connectivity index (χ4n) is 6.98. The lowest BCUT2D eigenvalue weighted by Gasteiger charge is -2.59. The third kappa shape index (κ3) is 1.83. The highest BCUT2D eigenvalue weighted by Crippen LogP contribution is 2.64. The molecule has 2 bridgehead atoms. The number of hydrogen-bond donors (Lipinski definition) is 1. The van der Waals surface area contributed by atoms with Crippen molar-refractivity contribution in [3.63, 3.8) is 0 Å². The van der Waals surface area contributed by atoms with Crippen molar-refractivity contribution in [2.75, 3.05) is 20.2 Å². The molecular weight excluding hydrogens is 326 g/mol. The summed E-state index contributed by atoms with van der Waals surface area (Å²) >= 11 is 0. The third-order valence-corrected chi connectivity index (χ3v) is 8.32. The fraction of sp³-hybridized carbons (Fsp3) is 0.727. The van der Waals surface area contributed by atoms with Gasteiger partial charge in [-0.15, -0.1) is 0 Å². The lowest BCUT2D eigenvalue weighted by Crippen LogP contribution is -2.67. The minimum atomic E-state index is -0.354. The summed E-state index contributed by atoms with van der Waals surface area (Å²) in [6, 6.07) is 4.96. The molecule has 3 fully saturated rings. The molecule has 4 nitrogen and oxygen atoms in total. The number of aliphatic hydroxyl groups excluding tert-OH is 1. The molecule has 26 heavy (non-hydrogen) atoms. The topological polar surface area (TPSA) is 41.9 Å². The van der Waals surface area contributed by atoms with E-state index in [1.807, 2.05) is 0 Å². The van der Waals surface area contributed by atoms with E-state index < -0.39 is 0 Å². The van der Waals surface area contributed by atoms with E-state index in [1.54, 1.807) is 7.11 Å². The zero-order valence-electron chi connectivity index (χ0n) is 15.6. The second kappa shape index (κ2) is 5.39. The van der Waals surface area contributed by atoms with Gasteiger partial charge in [-0.2, -0.15) is 0 Å². The van der Waals surface area contributed by atoms with Gasteiger partial charge in [0.15, 0.2) is 11.5 Å². The maximum atomic E-state index is 10.8. The van der Waals surface area contributed by atoms with Crippen molar-refractivity contribution < 1.29 is 14.6 Å². The van der Waals surface area contributed by atoms with Gasteiger partial charge in [-0.25, -0.2) is 0 Å². The summed E-state index contributed by atoms with van der Waals surface area (Å²) in [7, 11) is 1.72. The number of methoxy groups -OCH3 is 1. The van der Waals surface area contributed by atoms with Crippen molar-refractivity contribution in [2.24, 2.45) is 11.8 Å². The average molecular weight is 355 g/mol. The Morgan fingerprint density at radius 1 is 1.27 bits per heavy atom. The van der Waals surface area contributed by atoms with E-state index in [4.69, 9.17) is 9.47 Å². The Hall–Kier alpha value is -1.26. The van der Waals surface area contributed by atoms with Gasteiger partial charge in [-0.3, -0.25) is 4.90 Å². The summed E-state index contributed by atoms with van der Waals surface area (Å²) in [5.74, 6) is 3.31. The van der Waals surface area contributed by atoms with Gasteiger partial charge in [-0.05, 0) is 68.5 Å². The van der Waals surface area contributed by atoms with Crippen LogP contribution in [0.2, 0.25) is 0 Å². The van der Waals surface area contributed by atoms with Crippen molar-refractivity contribution in [3.05, 3.63) is 23.3 Å². The molecule has 1 aromatic rings. The predicted octanol–water partition coefficient (Wildman–Crippen LogP) is 2.90. The summed E-state index contributed by atoms with van der Waals surface area (Å²) in [5.41, 5.74) is 2.85. The number of likely N-dealkylation sites (tertiary alicyclic amines) is 1. The fourth-order valence-corrected chi connectivity index (χ4v) is 6.98. The molecule has 5 atom stereocenters. The highest BCUT2D eigenvalue weighted by molar-refractivity contribution is 5.61. The third-order valence-electron chi connectivity index (χ3n) is 8.32. The van der Waals surface area contributed by atoms with Crippen LogP contribution in [0, 0.1) is 11.8 Å². The molecule has 6 rings (SSSR count). The van der Waals surface area contributed by atoms with Gasteiger partial charge in [0.25, 0.3) is 0 Å². The standard InChI is InChI=1S/C22H29NO3/c1-25-18-8-5-14-11-16-15-6-7-17(24)21-22(15,19(14)20(18)26-21)9-10-23(16)12-13-3-2-4-13/h5,8,13,15-17,21,24H,2-4,6-7,9-12H2,1H3/t15-,16+,17?,21-,22?/m1/s1. The lowest BCUT2D eigenvalue weighted by atomic mass is 9.51. The minimum Gasteiger partial charge on any atom is -0.493 e. The van der Waals surface area contributed by atoms with Crippen molar-refractivity contribution in [1.82, 2.24) is 4.90 Å². The van der Waals surface area contributed by atoms with Crippen LogP contribution in [0.4, 0.5) is 0 Å². The maximum absolute atomic E-state index is 10.8. The molecule has 2 unspecified atom stereocenters. The largest absolute Gasteiger partial charge is 0.493 e. The Kier molecular flexibility index (Phi) is 3.27. The van der Waals surface area contributed by atoms with E-state index >= 15 is 0 Å². The van der Waals surface area contributed by atoms with Crippen LogP contribution in [0.25, 0.3) is 0 Å². The smallest absolute Gasteiger partial charge is 0.165 e. The number of piperidine rings is 1. The normalized spacial score (nSPS) is 40.5. The van der Waals surface area contributed by atoms with E-state index in [0.717, 1.165) is 49.6 Å². The molecule has 1 aromatic carbocycles. The summed E-state index contributed by atoms with van der Waals surface area (Å²) in [4.78, 5) is 2.81. The molecule has 1 spiro atoms. The van der Waals surface area contributed by atoms with Gasteiger partial charge < -0.3 is 14.6 Å². The highest BCUT2D eigenvalue weighted by Gasteiger charge is 2.65. The van der Waals surface area contributed by atoms with E-state index in [2.05, 4.69) is 17.0 Å². The zero-order valence-corrected chi connectivity index (χ0v) is 15.6. The van der Waals surface area contributed by atoms with E-state index in [9.17, 15) is 5.11 Å². The van der Waals surface area contributed by atoms with Gasteiger partial charge in [0.05, 0.1) is 13.2 Å². The van der Waals surface area contributed by atoms with Crippen molar-refractivity contribution in [1.29, 1.82) is 0 Å². The van der Waals surface area contributed by atoms with Crippen LogP contribution in [0.3, 0.4) is 0 Å². The molecule has 2 saturated carbocycles. The second-order valence-corrected chi connectivity index (χ2v) is 9.27. The van der Waals surface area contributed by atoms with Gasteiger partial charge in [-0.1, -0.05) is 12.5 Å². The first-order chi connectivity index (χ1) is 12.7. The first-order valence-electron chi connectivity index (χ1n) is 10.5. The highest BCUT2D eigenvalue weighted by atomic mass is 16.5. The Labute approximate surface area is 155 Å².